The zero-order valence-electron chi connectivity index (χ0n) is 6.15. The van der Waals surface area contributed by atoms with E-state index in [1.54, 1.807) is 18.5 Å². The fourth-order valence-corrected chi connectivity index (χ4v) is 1.20. The summed E-state index contributed by atoms with van der Waals surface area (Å²) < 4.78 is 1.09. The van der Waals surface area contributed by atoms with Crippen molar-refractivity contribution in [2.24, 2.45) is 0 Å². The van der Waals surface area contributed by atoms with Crippen molar-refractivity contribution in [3.8, 4) is 0 Å². The van der Waals surface area contributed by atoms with E-state index in [-0.39, 0.29) is 0 Å². The Kier molecular flexibility index (Phi) is 1.12. The zero-order valence-corrected chi connectivity index (χ0v) is 6.15. The van der Waals surface area contributed by atoms with Gasteiger partial charge in [0.2, 0.25) is 0 Å². The summed E-state index contributed by atoms with van der Waals surface area (Å²) in [4.78, 5) is 4.12. The molecule has 11 heavy (non-hydrogen) atoms. The van der Waals surface area contributed by atoms with Crippen molar-refractivity contribution in [2.45, 2.75) is 6.92 Å². The number of aromatic nitrogens is 2. The highest BCUT2D eigenvalue weighted by Gasteiger charge is 2.02. The van der Waals surface area contributed by atoms with Crippen molar-refractivity contribution in [1.82, 2.24) is 9.71 Å². The summed E-state index contributed by atoms with van der Waals surface area (Å²) in [5.74, 6) is 0. The van der Waals surface area contributed by atoms with Crippen LogP contribution in [0.3, 0.4) is 0 Å². The lowest BCUT2D eigenvalue weighted by atomic mass is 10.3. The lowest BCUT2D eigenvalue weighted by molar-refractivity contribution is 0.200. The van der Waals surface area contributed by atoms with Crippen molar-refractivity contribution in [2.75, 3.05) is 0 Å². The first-order valence-electron chi connectivity index (χ1n) is 3.41. The van der Waals surface area contributed by atoms with Gasteiger partial charge in [-0.25, -0.2) is 0 Å². The van der Waals surface area contributed by atoms with Gasteiger partial charge in [-0.1, -0.05) is 0 Å². The number of rotatable bonds is 0. The number of hydrogen-bond donors (Lipinski definition) is 1. The van der Waals surface area contributed by atoms with Crippen LogP contribution in [0.1, 0.15) is 5.56 Å². The molecule has 0 bridgehead atoms. The van der Waals surface area contributed by atoms with Crippen LogP contribution in [0.2, 0.25) is 0 Å². The predicted octanol–water partition coefficient (Wildman–Crippen LogP) is 1.58. The average molecular weight is 148 g/mol. The zero-order chi connectivity index (χ0) is 7.84. The average Bonchev–Trinajstić information content (AvgIpc) is 2.30. The van der Waals surface area contributed by atoms with Crippen LogP contribution in [0.25, 0.3) is 11.0 Å². The van der Waals surface area contributed by atoms with E-state index >= 15 is 0 Å². The lowest BCUT2D eigenvalue weighted by Crippen LogP contribution is -1.85. The smallest absolute Gasteiger partial charge is 0.105 e. The Hall–Kier alpha value is -1.51. The molecule has 0 atom stereocenters. The van der Waals surface area contributed by atoms with E-state index in [0.717, 1.165) is 21.3 Å². The summed E-state index contributed by atoms with van der Waals surface area (Å²) in [6, 6.07) is 3.63. The van der Waals surface area contributed by atoms with Gasteiger partial charge in [0.05, 0.1) is 5.52 Å². The van der Waals surface area contributed by atoms with Gasteiger partial charge in [0, 0.05) is 12.4 Å². The molecule has 0 spiro atoms. The maximum atomic E-state index is 9.27. The van der Waals surface area contributed by atoms with E-state index in [1.165, 1.54) is 0 Å². The molecule has 0 amide bonds. The maximum absolute atomic E-state index is 9.27. The first-order chi connectivity index (χ1) is 5.29. The first-order valence-corrected chi connectivity index (χ1v) is 3.41. The first kappa shape index (κ1) is 6.22. The fraction of sp³-hybridized carbons (Fsp3) is 0.125. The van der Waals surface area contributed by atoms with E-state index in [0.29, 0.717) is 0 Å². The highest BCUT2D eigenvalue weighted by atomic mass is 16.5. The summed E-state index contributed by atoms with van der Waals surface area (Å²) >= 11 is 0. The molecule has 0 saturated heterocycles. The molecule has 2 aromatic rings. The van der Waals surface area contributed by atoms with E-state index in [4.69, 9.17) is 0 Å². The fourth-order valence-electron chi connectivity index (χ4n) is 1.20. The molecular weight excluding hydrogens is 140 g/mol. The summed E-state index contributed by atoms with van der Waals surface area (Å²) in [5, 5.41) is 9.27. The van der Waals surface area contributed by atoms with Crippen LogP contribution < -0.4 is 0 Å². The Morgan fingerprint density at radius 3 is 3.09 bits per heavy atom. The van der Waals surface area contributed by atoms with Crippen LogP contribution in [-0.2, 0) is 0 Å². The van der Waals surface area contributed by atoms with E-state index in [1.807, 2.05) is 13.0 Å². The van der Waals surface area contributed by atoms with Crippen molar-refractivity contribution in [3.05, 3.63) is 30.1 Å². The minimum atomic E-state index is 0.755. The second-order valence-electron chi connectivity index (χ2n) is 2.53. The monoisotopic (exact) mass is 148 g/mol. The number of aryl methyl sites for hydroxylation is 1. The van der Waals surface area contributed by atoms with Crippen LogP contribution in [0.5, 0.6) is 0 Å². The Morgan fingerprint density at radius 1 is 1.55 bits per heavy atom. The van der Waals surface area contributed by atoms with Crippen LogP contribution in [0.4, 0.5) is 0 Å². The summed E-state index contributed by atoms with van der Waals surface area (Å²) in [6.45, 7) is 1.92. The molecule has 2 rings (SSSR count). The normalized spacial score (nSPS) is 10.6. The van der Waals surface area contributed by atoms with Gasteiger partial charge >= 0.3 is 0 Å². The topological polar surface area (TPSA) is 38.0 Å². The quantitative estimate of drug-likeness (QED) is 0.576. The molecule has 0 unspecified atom stereocenters. The van der Waals surface area contributed by atoms with Crippen LogP contribution in [0.15, 0.2) is 24.5 Å². The van der Waals surface area contributed by atoms with E-state index < -0.39 is 0 Å². The van der Waals surface area contributed by atoms with Crippen molar-refractivity contribution >= 4 is 11.0 Å². The van der Waals surface area contributed by atoms with Gasteiger partial charge in [-0.2, -0.15) is 4.73 Å². The van der Waals surface area contributed by atoms with Gasteiger partial charge in [0.15, 0.2) is 0 Å². The van der Waals surface area contributed by atoms with E-state index in [2.05, 4.69) is 4.98 Å². The van der Waals surface area contributed by atoms with Crippen LogP contribution >= 0.6 is 0 Å². The number of pyridine rings is 1. The third kappa shape index (κ3) is 0.774. The van der Waals surface area contributed by atoms with Gasteiger partial charge in [-0.3, -0.25) is 4.98 Å². The summed E-state index contributed by atoms with van der Waals surface area (Å²) in [6.07, 6.45) is 3.37. The molecule has 56 valence electrons. The Morgan fingerprint density at radius 2 is 2.36 bits per heavy atom. The Balaban J connectivity index is 2.95. The lowest BCUT2D eigenvalue weighted by Gasteiger charge is -1.90. The van der Waals surface area contributed by atoms with Gasteiger partial charge in [0.1, 0.15) is 5.52 Å². The predicted molar refractivity (Wildman–Crippen MR) is 41.7 cm³/mol. The van der Waals surface area contributed by atoms with Gasteiger partial charge in [0.25, 0.3) is 0 Å². The molecule has 0 aliphatic carbocycles. The Bertz CT molecular complexity index is 356. The molecule has 2 aromatic heterocycles. The van der Waals surface area contributed by atoms with Crippen molar-refractivity contribution in [3.63, 3.8) is 0 Å². The molecular formula is C8H8N2O. The molecule has 0 fully saturated rings. The molecule has 3 nitrogen and oxygen atoms in total. The maximum Gasteiger partial charge on any atom is 0.105 e. The largest absolute Gasteiger partial charge is 0.428 e. The molecule has 0 aliphatic rings. The van der Waals surface area contributed by atoms with Crippen molar-refractivity contribution < 1.29 is 5.21 Å². The number of fused-ring (bicyclic) bond motifs is 1. The third-order valence-electron chi connectivity index (χ3n) is 1.72. The minimum absolute atomic E-state index is 0.755. The van der Waals surface area contributed by atoms with Crippen molar-refractivity contribution in [1.29, 1.82) is 0 Å². The van der Waals surface area contributed by atoms with Crippen LogP contribution in [-0.4, -0.2) is 14.9 Å². The molecule has 3 heteroatoms. The highest BCUT2D eigenvalue weighted by molar-refractivity contribution is 5.78. The molecule has 0 saturated carbocycles. The molecule has 0 radical (unpaired) electrons. The summed E-state index contributed by atoms with van der Waals surface area (Å²) in [7, 11) is 0. The standard InChI is InChI=1S/C8H8N2O/c1-6-5-10(11)7-3-2-4-9-8(6)7/h2-5,11H,1H3. The minimum Gasteiger partial charge on any atom is -0.428 e. The van der Waals surface area contributed by atoms with Crippen LogP contribution in [0, 0.1) is 6.92 Å². The van der Waals surface area contributed by atoms with Gasteiger partial charge in [-0.15, -0.1) is 0 Å². The SMILES string of the molecule is Cc1cn(O)c2cccnc12. The summed E-state index contributed by atoms with van der Waals surface area (Å²) in [5.41, 5.74) is 2.60. The van der Waals surface area contributed by atoms with Gasteiger partial charge < -0.3 is 5.21 Å². The second-order valence-corrected chi connectivity index (χ2v) is 2.53. The van der Waals surface area contributed by atoms with E-state index in [9.17, 15) is 5.21 Å². The third-order valence-corrected chi connectivity index (χ3v) is 1.72. The second kappa shape index (κ2) is 1.99. The van der Waals surface area contributed by atoms with Gasteiger partial charge in [-0.05, 0) is 24.6 Å². The molecule has 0 aromatic carbocycles. The number of hydrogen-bond acceptors (Lipinski definition) is 2. The Labute approximate surface area is 63.9 Å². The molecule has 2 heterocycles. The number of nitrogens with zero attached hydrogens (tertiary/aromatic N) is 2. The molecule has 0 aliphatic heterocycles. The highest BCUT2D eigenvalue weighted by Crippen LogP contribution is 2.15. The molecule has 1 N–H and O–H groups in total.